The summed E-state index contributed by atoms with van der Waals surface area (Å²) in [6, 6.07) is 0. The van der Waals surface area contributed by atoms with E-state index in [1.165, 1.54) is 6.42 Å². The Kier molecular flexibility index (Phi) is 9.82. The van der Waals surface area contributed by atoms with Gasteiger partial charge in [-0.05, 0) is 18.3 Å². The molecule has 0 spiro atoms. The van der Waals surface area contributed by atoms with Gasteiger partial charge in [-0.3, -0.25) is 9.69 Å². The molecule has 1 fully saturated rings. The lowest BCUT2D eigenvalue weighted by atomic mass is 9.91. The van der Waals surface area contributed by atoms with Crippen LogP contribution in [0.25, 0.3) is 0 Å². The summed E-state index contributed by atoms with van der Waals surface area (Å²) in [5, 5.41) is 2.65. The van der Waals surface area contributed by atoms with Crippen LogP contribution in [0.3, 0.4) is 0 Å². The quantitative estimate of drug-likeness (QED) is 0.400. The predicted octanol–water partition coefficient (Wildman–Crippen LogP) is 2.82. The Morgan fingerprint density at radius 1 is 1.45 bits per heavy atom. The molecule has 1 aliphatic heterocycles. The number of nitrogens with zero attached hydrogens (tertiary/aromatic N) is 1. The highest BCUT2D eigenvalue weighted by Crippen LogP contribution is 2.20. The van der Waals surface area contributed by atoms with Crippen LogP contribution in [0.2, 0.25) is 0 Å². The lowest BCUT2D eigenvalue weighted by Crippen LogP contribution is -2.47. The van der Waals surface area contributed by atoms with Gasteiger partial charge >= 0.3 is 0 Å². The van der Waals surface area contributed by atoms with E-state index in [2.05, 4.69) is 42.6 Å². The fourth-order valence-electron chi connectivity index (χ4n) is 2.34. The molecule has 0 aliphatic carbocycles. The third kappa shape index (κ3) is 9.94. The molecule has 1 rings (SSSR count). The molecule has 1 saturated heterocycles. The summed E-state index contributed by atoms with van der Waals surface area (Å²) in [5.74, 6) is 0. The van der Waals surface area contributed by atoms with E-state index in [-0.39, 0.29) is 11.3 Å². The average Bonchev–Trinajstić information content (AvgIpc) is 2.47. The van der Waals surface area contributed by atoms with Gasteiger partial charge in [-0.25, -0.2) is 0 Å². The zero-order valence-electron chi connectivity index (χ0n) is 14.0. The largest absolute Gasteiger partial charge is 0.380 e. The fourth-order valence-corrected chi connectivity index (χ4v) is 2.68. The molecule has 0 unspecified atom stereocenters. The number of amides is 1. The number of hydrogen-bond donors (Lipinski definition) is 2. The maximum Gasteiger partial charge on any atom is 0.289 e. The summed E-state index contributed by atoms with van der Waals surface area (Å²) in [6.45, 7) is 12.3. The van der Waals surface area contributed by atoms with Crippen molar-refractivity contribution in [2.45, 2.75) is 39.7 Å². The van der Waals surface area contributed by atoms with Gasteiger partial charge in [-0.15, -0.1) is 11.7 Å². The van der Waals surface area contributed by atoms with Crippen LogP contribution in [0.4, 0.5) is 4.79 Å². The van der Waals surface area contributed by atoms with Gasteiger partial charge in [0.2, 0.25) is 0 Å². The molecule has 5 nitrogen and oxygen atoms in total. The molecular formula is C15H30N2O3S2. The van der Waals surface area contributed by atoms with Gasteiger partial charge in [-0.1, -0.05) is 20.8 Å². The molecule has 1 N–H and O–H groups in total. The van der Waals surface area contributed by atoms with Gasteiger partial charge in [-0.2, -0.15) is 0 Å². The standard InChI is InChI=1S/C15H30N2O3S2/c1-15(2,3)5-4-8-19-9-6-17-7-10-20-13(12-17)11-16-14(18)22-21/h13,21H,4-12H2,1-3H3,(H,16,18)/t13-/m1/s1. The smallest absolute Gasteiger partial charge is 0.289 e. The highest BCUT2D eigenvalue weighted by molar-refractivity contribution is 8.74. The third-order valence-electron chi connectivity index (χ3n) is 3.55. The van der Waals surface area contributed by atoms with Crippen LogP contribution in [0.5, 0.6) is 0 Å². The minimum absolute atomic E-state index is 0.0547. The number of ether oxygens (including phenoxy) is 2. The van der Waals surface area contributed by atoms with Gasteiger partial charge in [0, 0.05) is 43.6 Å². The Morgan fingerprint density at radius 2 is 2.23 bits per heavy atom. The Balaban J connectivity index is 2.07. The van der Waals surface area contributed by atoms with Gasteiger partial charge in [0.05, 0.1) is 19.3 Å². The maximum atomic E-state index is 11.2. The number of carbonyl (C=O) groups excluding carboxylic acids is 1. The highest BCUT2D eigenvalue weighted by atomic mass is 33.1. The number of hydrogen-bond acceptors (Lipinski definition) is 6. The SMILES string of the molecule is CC(C)(C)CCCOCCN1CCO[C@H](CNC(=O)SS)C1. The maximum absolute atomic E-state index is 11.2. The summed E-state index contributed by atoms with van der Waals surface area (Å²) < 4.78 is 11.4. The van der Waals surface area contributed by atoms with Crippen molar-refractivity contribution in [3.05, 3.63) is 0 Å². The van der Waals surface area contributed by atoms with Crippen molar-refractivity contribution in [3.8, 4) is 0 Å². The molecule has 0 aromatic carbocycles. The summed E-state index contributed by atoms with van der Waals surface area (Å²) >= 11 is 3.86. The van der Waals surface area contributed by atoms with E-state index in [0.717, 1.165) is 50.1 Å². The molecular weight excluding hydrogens is 320 g/mol. The molecule has 1 atom stereocenters. The minimum atomic E-state index is -0.133. The summed E-state index contributed by atoms with van der Waals surface area (Å²) in [7, 11) is 0.892. The van der Waals surface area contributed by atoms with Gasteiger partial charge in [0.15, 0.2) is 0 Å². The molecule has 0 saturated carbocycles. The molecule has 0 aromatic rings. The first kappa shape index (κ1) is 20.1. The van der Waals surface area contributed by atoms with Crippen molar-refractivity contribution in [2.75, 3.05) is 46.0 Å². The molecule has 0 radical (unpaired) electrons. The second-order valence-corrected chi connectivity index (χ2v) is 7.93. The van der Waals surface area contributed by atoms with Crippen LogP contribution in [-0.2, 0) is 9.47 Å². The lowest BCUT2D eigenvalue weighted by Gasteiger charge is -2.32. The summed E-state index contributed by atoms with van der Waals surface area (Å²) in [5.41, 5.74) is 0.385. The van der Waals surface area contributed by atoms with Crippen LogP contribution >= 0.6 is 22.5 Å². The monoisotopic (exact) mass is 350 g/mol. The summed E-state index contributed by atoms with van der Waals surface area (Å²) in [6.07, 6.45) is 2.36. The number of nitrogens with one attached hydrogen (secondary N) is 1. The average molecular weight is 351 g/mol. The molecule has 0 bridgehead atoms. The Morgan fingerprint density at radius 3 is 2.91 bits per heavy atom. The van der Waals surface area contributed by atoms with Crippen LogP contribution in [-0.4, -0.2) is 62.2 Å². The lowest BCUT2D eigenvalue weighted by molar-refractivity contribution is -0.0337. The first-order valence-electron chi connectivity index (χ1n) is 7.91. The first-order valence-corrected chi connectivity index (χ1v) is 9.78. The number of thiol groups is 1. The molecule has 7 heteroatoms. The molecule has 0 aromatic heterocycles. The highest BCUT2D eigenvalue weighted by Gasteiger charge is 2.20. The van der Waals surface area contributed by atoms with Gasteiger partial charge < -0.3 is 14.8 Å². The molecule has 130 valence electrons. The van der Waals surface area contributed by atoms with Crippen molar-refractivity contribution < 1.29 is 14.3 Å². The second-order valence-electron chi connectivity index (χ2n) is 6.83. The predicted molar refractivity (Wildman–Crippen MR) is 95.7 cm³/mol. The fraction of sp³-hybridized carbons (Fsp3) is 0.933. The molecule has 1 amide bonds. The van der Waals surface area contributed by atoms with E-state index < -0.39 is 0 Å². The van der Waals surface area contributed by atoms with Crippen molar-refractivity contribution >= 4 is 27.7 Å². The van der Waals surface area contributed by atoms with Crippen molar-refractivity contribution in [1.82, 2.24) is 10.2 Å². The molecule has 22 heavy (non-hydrogen) atoms. The second kappa shape index (κ2) is 10.8. The van der Waals surface area contributed by atoms with E-state index in [9.17, 15) is 4.79 Å². The Hall–Kier alpha value is 0.0500. The van der Waals surface area contributed by atoms with E-state index in [1.807, 2.05) is 0 Å². The van der Waals surface area contributed by atoms with E-state index >= 15 is 0 Å². The van der Waals surface area contributed by atoms with Crippen molar-refractivity contribution in [1.29, 1.82) is 0 Å². The van der Waals surface area contributed by atoms with E-state index in [0.29, 0.717) is 18.6 Å². The van der Waals surface area contributed by atoms with Gasteiger partial charge in [0.1, 0.15) is 0 Å². The number of rotatable bonds is 8. The van der Waals surface area contributed by atoms with E-state index in [1.54, 1.807) is 0 Å². The minimum Gasteiger partial charge on any atom is -0.380 e. The Bertz CT molecular complexity index is 324. The normalized spacial score (nSPS) is 20.1. The van der Waals surface area contributed by atoms with Crippen molar-refractivity contribution in [3.63, 3.8) is 0 Å². The molecule has 1 heterocycles. The van der Waals surface area contributed by atoms with Crippen molar-refractivity contribution in [2.24, 2.45) is 5.41 Å². The zero-order valence-corrected chi connectivity index (χ0v) is 15.7. The number of carbonyl (C=O) groups is 1. The summed E-state index contributed by atoms with van der Waals surface area (Å²) in [4.78, 5) is 13.5. The van der Waals surface area contributed by atoms with E-state index in [4.69, 9.17) is 9.47 Å². The van der Waals surface area contributed by atoms with Gasteiger partial charge in [0.25, 0.3) is 5.24 Å². The van der Waals surface area contributed by atoms with Crippen LogP contribution in [0, 0.1) is 5.41 Å². The van der Waals surface area contributed by atoms with Crippen LogP contribution in [0.1, 0.15) is 33.6 Å². The topological polar surface area (TPSA) is 50.8 Å². The number of morpholine rings is 1. The first-order chi connectivity index (χ1) is 10.4. The zero-order chi connectivity index (χ0) is 16.4. The third-order valence-corrected chi connectivity index (χ3v) is 4.35. The molecule has 1 aliphatic rings. The van der Waals surface area contributed by atoms with Crippen LogP contribution in [0.15, 0.2) is 0 Å². The Labute approximate surface area is 143 Å². The van der Waals surface area contributed by atoms with Crippen LogP contribution < -0.4 is 5.32 Å².